The molecule has 0 aliphatic heterocycles. The number of carbonyl (C=O) groups is 2. The summed E-state index contributed by atoms with van der Waals surface area (Å²) in [5, 5.41) is 6.04. The van der Waals surface area contributed by atoms with Crippen molar-refractivity contribution in [2.75, 3.05) is 17.7 Å². The zero-order chi connectivity index (χ0) is 25.5. The smallest absolute Gasteiger partial charge is 0.257 e. The Balaban J connectivity index is 1.51. The van der Waals surface area contributed by atoms with Crippen molar-refractivity contribution in [1.29, 1.82) is 0 Å². The van der Waals surface area contributed by atoms with Gasteiger partial charge in [0.25, 0.3) is 5.91 Å². The monoisotopic (exact) mass is 574 g/mol. The van der Waals surface area contributed by atoms with Crippen molar-refractivity contribution >= 4 is 81.2 Å². The molecule has 0 aromatic heterocycles. The molecule has 3 aromatic carbocycles. The van der Waals surface area contributed by atoms with E-state index in [-0.39, 0.29) is 22.0 Å². The minimum Gasteiger partial charge on any atom is -0.497 e. The summed E-state index contributed by atoms with van der Waals surface area (Å²) < 4.78 is 17.8. The van der Waals surface area contributed by atoms with Crippen molar-refractivity contribution in [3.05, 3.63) is 86.6 Å². The summed E-state index contributed by atoms with van der Waals surface area (Å²) in [5.74, 6) is -2.84. The third-order valence-corrected chi connectivity index (χ3v) is 7.19. The second kappa shape index (κ2) is 10.0. The van der Waals surface area contributed by atoms with E-state index in [1.165, 1.54) is 37.4 Å². The van der Waals surface area contributed by atoms with Gasteiger partial charge in [-0.3, -0.25) is 9.59 Å². The van der Waals surface area contributed by atoms with Crippen LogP contribution < -0.4 is 15.4 Å². The molecule has 2 atom stereocenters. The number of alkyl halides is 2. The minimum atomic E-state index is -1.36. The summed E-state index contributed by atoms with van der Waals surface area (Å²) in [4.78, 5) is 25.7. The fourth-order valence-corrected chi connectivity index (χ4v) is 5.31. The summed E-state index contributed by atoms with van der Waals surface area (Å²) in [6, 6.07) is 13.2. The van der Waals surface area contributed by atoms with Crippen molar-refractivity contribution in [2.45, 2.75) is 10.3 Å². The first-order chi connectivity index (χ1) is 16.5. The zero-order valence-electron chi connectivity index (χ0n) is 17.8. The number of anilines is 2. The van der Waals surface area contributed by atoms with Crippen molar-refractivity contribution in [2.24, 2.45) is 5.92 Å². The Bertz CT molecular complexity index is 1310. The Labute approximate surface area is 225 Å². The number of ether oxygens (including phenoxy) is 1. The van der Waals surface area contributed by atoms with Gasteiger partial charge in [0.1, 0.15) is 15.9 Å². The number of nitrogens with one attached hydrogen (secondary N) is 2. The van der Waals surface area contributed by atoms with E-state index < -0.39 is 33.8 Å². The van der Waals surface area contributed by atoms with Crippen LogP contribution in [0.5, 0.6) is 5.75 Å². The van der Waals surface area contributed by atoms with Gasteiger partial charge < -0.3 is 15.4 Å². The van der Waals surface area contributed by atoms with Gasteiger partial charge in [0.2, 0.25) is 5.91 Å². The lowest BCUT2D eigenvalue weighted by Gasteiger charge is -2.11. The van der Waals surface area contributed by atoms with Crippen LogP contribution >= 0.6 is 58.0 Å². The molecular formula is C24H16Cl5FN2O3. The van der Waals surface area contributed by atoms with Gasteiger partial charge in [-0.15, -0.1) is 23.2 Å². The molecule has 35 heavy (non-hydrogen) atoms. The first-order valence-corrected chi connectivity index (χ1v) is 12.0. The average molecular weight is 577 g/mol. The van der Waals surface area contributed by atoms with Gasteiger partial charge in [-0.05, 0) is 54.1 Å². The fourth-order valence-electron chi connectivity index (χ4n) is 3.73. The summed E-state index contributed by atoms with van der Waals surface area (Å²) in [6.45, 7) is 0. The van der Waals surface area contributed by atoms with Gasteiger partial charge in [0.05, 0.1) is 29.3 Å². The minimum absolute atomic E-state index is 0.0247. The molecule has 3 aromatic rings. The van der Waals surface area contributed by atoms with Crippen LogP contribution in [0, 0.1) is 11.7 Å². The highest BCUT2D eigenvalue weighted by molar-refractivity contribution is 6.53. The van der Waals surface area contributed by atoms with E-state index in [0.717, 1.165) is 6.07 Å². The van der Waals surface area contributed by atoms with Crippen LogP contribution in [0.15, 0.2) is 54.6 Å². The van der Waals surface area contributed by atoms with Crippen LogP contribution in [0.2, 0.25) is 15.1 Å². The van der Waals surface area contributed by atoms with Crippen LogP contribution in [0.1, 0.15) is 21.8 Å². The van der Waals surface area contributed by atoms with Crippen LogP contribution in [-0.4, -0.2) is 23.3 Å². The van der Waals surface area contributed by atoms with Crippen LogP contribution in [-0.2, 0) is 4.79 Å². The molecule has 182 valence electrons. The Kier molecular flexibility index (Phi) is 7.41. The van der Waals surface area contributed by atoms with Gasteiger partial charge in [0, 0.05) is 27.7 Å². The maximum atomic E-state index is 14.2. The summed E-state index contributed by atoms with van der Waals surface area (Å²) in [7, 11) is 1.40. The number of benzene rings is 3. The van der Waals surface area contributed by atoms with Crippen molar-refractivity contribution in [3.8, 4) is 5.75 Å². The maximum Gasteiger partial charge on any atom is 0.257 e. The molecule has 5 nitrogen and oxygen atoms in total. The highest BCUT2D eigenvalue weighted by atomic mass is 35.5. The fraction of sp³-hybridized carbons (Fsp3) is 0.167. The number of methoxy groups -OCH3 is 1. The zero-order valence-corrected chi connectivity index (χ0v) is 21.6. The van der Waals surface area contributed by atoms with E-state index in [2.05, 4.69) is 10.6 Å². The average Bonchev–Trinajstić information content (AvgIpc) is 3.37. The Morgan fingerprint density at radius 2 is 1.63 bits per heavy atom. The quantitative estimate of drug-likeness (QED) is 0.298. The third kappa shape index (κ3) is 5.47. The lowest BCUT2D eigenvalue weighted by Crippen LogP contribution is -2.18. The van der Waals surface area contributed by atoms with Gasteiger partial charge in [-0.2, -0.15) is 0 Å². The molecule has 11 heteroatoms. The summed E-state index contributed by atoms with van der Waals surface area (Å²) >= 11 is 31.1. The van der Waals surface area contributed by atoms with E-state index >= 15 is 0 Å². The maximum absolute atomic E-state index is 14.2. The molecule has 1 aliphatic rings. The summed E-state index contributed by atoms with van der Waals surface area (Å²) in [5.41, 5.74) is 0.872. The van der Waals surface area contributed by atoms with Gasteiger partial charge in [0.15, 0.2) is 0 Å². The molecule has 1 saturated carbocycles. The van der Waals surface area contributed by atoms with Crippen molar-refractivity contribution in [3.63, 3.8) is 0 Å². The van der Waals surface area contributed by atoms with Gasteiger partial charge in [-0.25, -0.2) is 4.39 Å². The number of hydrogen-bond donors (Lipinski definition) is 2. The number of carbonyl (C=O) groups excluding carboxylic acids is 2. The Morgan fingerprint density at radius 1 is 0.943 bits per heavy atom. The third-order valence-electron chi connectivity index (χ3n) is 5.48. The Morgan fingerprint density at radius 3 is 2.26 bits per heavy atom. The first kappa shape index (κ1) is 25.9. The molecule has 0 spiro atoms. The molecule has 0 heterocycles. The molecular weight excluding hydrogens is 561 g/mol. The highest BCUT2D eigenvalue weighted by Crippen LogP contribution is 2.65. The van der Waals surface area contributed by atoms with E-state index in [1.54, 1.807) is 18.2 Å². The van der Waals surface area contributed by atoms with Gasteiger partial charge in [-0.1, -0.05) is 34.8 Å². The van der Waals surface area contributed by atoms with Crippen LogP contribution in [0.3, 0.4) is 0 Å². The van der Waals surface area contributed by atoms with Crippen molar-refractivity contribution < 1.29 is 18.7 Å². The van der Waals surface area contributed by atoms with Crippen LogP contribution in [0.4, 0.5) is 15.8 Å². The molecule has 0 bridgehead atoms. The second-order valence-corrected chi connectivity index (χ2v) is 10.5. The van der Waals surface area contributed by atoms with Crippen molar-refractivity contribution in [1.82, 2.24) is 0 Å². The predicted molar refractivity (Wildman–Crippen MR) is 138 cm³/mol. The molecule has 2 N–H and O–H groups in total. The molecule has 2 unspecified atom stereocenters. The topological polar surface area (TPSA) is 67.4 Å². The molecule has 0 radical (unpaired) electrons. The molecule has 1 fully saturated rings. The van der Waals surface area contributed by atoms with Gasteiger partial charge >= 0.3 is 0 Å². The SMILES string of the molecule is COc1ccc(NC(=O)c2cc(NC(=O)C3C(c4cc(Cl)cc(Cl)c4)C3(Cl)Cl)ccc2Cl)c(F)c1. The normalized spacial score (nSPS) is 18.0. The lowest BCUT2D eigenvalue weighted by atomic mass is 10.1. The van der Waals surface area contributed by atoms with E-state index in [4.69, 9.17) is 62.7 Å². The second-order valence-electron chi connectivity index (χ2n) is 7.82. The lowest BCUT2D eigenvalue weighted by molar-refractivity contribution is -0.117. The van der Waals surface area contributed by atoms with Crippen LogP contribution in [0.25, 0.3) is 0 Å². The Hall–Kier alpha value is -2.22. The van der Waals surface area contributed by atoms with E-state index in [1.807, 2.05) is 0 Å². The molecule has 0 saturated heterocycles. The molecule has 2 amide bonds. The number of amides is 2. The van der Waals surface area contributed by atoms with E-state index in [9.17, 15) is 14.0 Å². The molecule has 4 rings (SSSR count). The van der Waals surface area contributed by atoms with E-state index in [0.29, 0.717) is 21.4 Å². The first-order valence-electron chi connectivity index (χ1n) is 10.1. The largest absolute Gasteiger partial charge is 0.497 e. The summed E-state index contributed by atoms with van der Waals surface area (Å²) in [6.07, 6.45) is 0. The predicted octanol–water partition coefficient (Wildman–Crippen LogP) is 7.57. The number of rotatable bonds is 6. The molecule has 1 aliphatic carbocycles. The number of hydrogen-bond acceptors (Lipinski definition) is 3. The number of halogens is 6. The standard InChI is InChI=1S/C24H16Cl5FN2O3/c1-35-15-3-5-19(18(30)10-15)32-22(33)16-9-14(2-4-17(16)27)31-23(34)21-20(24(21,28)29)11-6-12(25)8-13(26)7-11/h2-10,20-21H,1H3,(H,31,34)(H,32,33). The highest BCUT2D eigenvalue weighted by Gasteiger charge is 2.67.